The summed E-state index contributed by atoms with van der Waals surface area (Å²) in [6.45, 7) is 11.6. The summed E-state index contributed by atoms with van der Waals surface area (Å²) < 4.78 is 52.2. The molecular weight excluding hydrogens is 947 g/mol. The zero-order chi connectivity index (χ0) is 52.9. The molecule has 2 aliphatic rings. The van der Waals surface area contributed by atoms with Crippen LogP contribution in [0.15, 0.2) is 30.5 Å². The number of aliphatic hydroxyl groups excluding tert-OH is 3. The van der Waals surface area contributed by atoms with Gasteiger partial charge in [-0.2, -0.15) is 18.5 Å². The second-order valence-electron chi connectivity index (χ2n) is 18.3. The number of primary amides is 1. The smallest absolute Gasteiger partial charge is 0.265 e. The van der Waals surface area contributed by atoms with Gasteiger partial charge in [-0.1, -0.05) is 26.5 Å². The Morgan fingerprint density at radius 2 is 1.59 bits per heavy atom. The molecule has 4 atom stereocenters. The number of amides is 6. The van der Waals surface area contributed by atoms with Crippen molar-refractivity contribution in [2.75, 3.05) is 77.8 Å². The summed E-state index contributed by atoms with van der Waals surface area (Å²) in [5.74, 6) is -2.61. The molecule has 0 aliphatic carbocycles. The Labute approximate surface area is 408 Å². The SMILES string of the molecule is C=C1CCC(=O)N1CCC(=O)NCCC(C)(C)OCCC(C)(C)C(N)=O.C[N+](C)(O)OCc1ccc(OC2CC(O)C(O)C(CO)O2)c(NC(=O)CCNC(=O)COCCNC(=O)CCS(=O)(=O)O)c1. The maximum Gasteiger partial charge on any atom is 0.265 e. The van der Waals surface area contributed by atoms with Crippen LogP contribution in [0, 0.1) is 5.41 Å². The maximum absolute atomic E-state index is 12.7. The first kappa shape index (κ1) is 61.3. The number of likely N-dealkylation sites (tertiary alicyclic amines) is 1. The molecule has 0 radical (unpaired) electrons. The van der Waals surface area contributed by atoms with Crippen molar-refractivity contribution >= 4 is 51.2 Å². The fourth-order valence-corrected chi connectivity index (χ4v) is 6.71. The van der Waals surface area contributed by atoms with Crippen molar-refractivity contribution in [3.63, 3.8) is 0 Å². The van der Waals surface area contributed by atoms with E-state index in [1.165, 1.54) is 26.2 Å². The number of allylic oxidation sites excluding steroid dienone is 1. The van der Waals surface area contributed by atoms with Gasteiger partial charge < -0.3 is 66.2 Å². The molecule has 398 valence electrons. The molecule has 0 bridgehead atoms. The van der Waals surface area contributed by atoms with Gasteiger partial charge in [0, 0.05) is 76.0 Å². The van der Waals surface area contributed by atoms with Gasteiger partial charge in [0.25, 0.3) is 10.1 Å². The number of anilines is 1. The number of hydrogen-bond donors (Lipinski definition) is 10. The zero-order valence-corrected chi connectivity index (χ0v) is 41.7. The average Bonchev–Trinajstić information content (AvgIpc) is 3.58. The largest absolute Gasteiger partial charge is 0.463 e. The summed E-state index contributed by atoms with van der Waals surface area (Å²) in [5.41, 5.74) is 5.88. The molecule has 0 spiro atoms. The fraction of sp³-hybridized carbons (Fsp3) is 0.682. The van der Waals surface area contributed by atoms with E-state index in [1.807, 2.05) is 13.8 Å². The molecule has 26 heteroatoms. The predicted molar refractivity (Wildman–Crippen MR) is 249 cm³/mol. The number of carbonyl (C=O) groups excluding carboxylic acids is 6. The standard InChI is InChI=1S/C25H40N4O14S.C19H33N3O4/c1-29(2,36)41-14-16-3-4-19(42-24-12-18(31)25(35)20(13-30)43-24)17(11-16)28-22(33)5-7-26-23(34)15-40-9-8-27-21(32)6-10-44(37,38)39;1-14-6-7-16(24)22(14)12-8-15(23)21-11-9-19(4,5)26-13-10-18(2,3)17(20)25/h3-4,11,18,20,24-25,30-31,35-36H,5-10,12-15H2,1-2H3,(H3-,26,27,28,32,33,34,37,38,39);1,6-13H2,2-5H3,(H2,20,25)(H,21,23)/p+1. The van der Waals surface area contributed by atoms with Crippen LogP contribution in [0.5, 0.6) is 5.75 Å². The lowest BCUT2D eigenvalue weighted by Gasteiger charge is -2.36. The Morgan fingerprint density at radius 1 is 0.929 bits per heavy atom. The van der Waals surface area contributed by atoms with Crippen molar-refractivity contribution in [3.05, 3.63) is 36.0 Å². The molecule has 3 rings (SSSR count). The summed E-state index contributed by atoms with van der Waals surface area (Å²) in [7, 11) is -1.45. The highest BCUT2D eigenvalue weighted by atomic mass is 32.2. The van der Waals surface area contributed by atoms with E-state index in [1.54, 1.807) is 24.8 Å². The minimum atomic E-state index is -4.24. The molecule has 2 fully saturated rings. The molecule has 0 aromatic heterocycles. The number of hydroxylamine groups is 4. The maximum atomic E-state index is 12.7. The van der Waals surface area contributed by atoms with Crippen molar-refractivity contribution < 1.29 is 90.9 Å². The van der Waals surface area contributed by atoms with Gasteiger partial charge in [0.1, 0.15) is 45.3 Å². The van der Waals surface area contributed by atoms with Crippen molar-refractivity contribution in [1.82, 2.24) is 20.9 Å². The van der Waals surface area contributed by atoms with Crippen molar-refractivity contribution in [2.24, 2.45) is 11.1 Å². The lowest BCUT2D eigenvalue weighted by Crippen LogP contribution is -2.51. The highest BCUT2D eigenvalue weighted by Gasteiger charge is 2.38. The molecule has 0 saturated carbocycles. The predicted octanol–water partition coefficient (Wildman–Crippen LogP) is -0.637. The van der Waals surface area contributed by atoms with Crippen LogP contribution in [0.3, 0.4) is 0 Å². The first-order valence-corrected chi connectivity index (χ1v) is 24.3. The quantitative estimate of drug-likeness (QED) is 0.0207. The van der Waals surface area contributed by atoms with Gasteiger partial charge >= 0.3 is 0 Å². The number of aliphatic hydroxyl groups is 3. The number of carbonyl (C=O) groups is 6. The van der Waals surface area contributed by atoms with Crippen LogP contribution in [-0.2, 0) is 64.5 Å². The lowest BCUT2D eigenvalue weighted by molar-refractivity contribution is -1.22. The second-order valence-corrected chi connectivity index (χ2v) is 19.8. The first-order chi connectivity index (χ1) is 32.5. The summed E-state index contributed by atoms with van der Waals surface area (Å²) in [6.07, 6.45) is -2.71. The van der Waals surface area contributed by atoms with Gasteiger partial charge in [0.05, 0.1) is 36.4 Å². The zero-order valence-electron chi connectivity index (χ0n) is 40.9. The number of ether oxygens (including phenoxy) is 4. The van der Waals surface area contributed by atoms with E-state index < -0.39 is 87.0 Å². The summed E-state index contributed by atoms with van der Waals surface area (Å²) in [4.78, 5) is 77.2. The number of nitrogens with one attached hydrogen (secondary N) is 4. The van der Waals surface area contributed by atoms with E-state index in [4.69, 9.17) is 34.1 Å². The second kappa shape index (κ2) is 28.8. The highest BCUT2D eigenvalue weighted by Crippen LogP contribution is 2.31. The van der Waals surface area contributed by atoms with Gasteiger partial charge in [-0.3, -0.25) is 33.3 Å². The van der Waals surface area contributed by atoms with E-state index in [2.05, 4.69) is 27.8 Å². The molecule has 2 saturated heterocycles. The molecule has 2 heterocycles. The molecule has 11 N–H and O–H groups in total. The number of nitrogens with zero attached hydrogens (tertiary/aromatic N) is 2. The Balaban J connectivity index is 0.000000549. The van der Waals surface area contributed by atoms with E-state index in [0.717, 1.165) is 5.70 Å². The Kier molecular flexibility index (Phi) is 25.2. The number of rotatable bonds is 29. The third-order valence-electron chi connectivity index (χ3n) is 10.7. The summed E-state index contributed by atoms with van der Waals surface area (Å²) in [6, 6.07) is 4.66. The van der Waals surface area contributed by atoms with Crippen LogP contribution in [0.1, 0.15) is 84.6 Å². The highest BCUT2D eigenvalue weighted by molar-refractivity contribution is 7.85. The Hall–Kier alpha value is -4.87. The monoisotopic (exact) mass is 1020 g/mol. The van der Waals surface area contributed by atoms with E-state index in [-0.39, 0.29) is 81.3 Å². The van der Waals surface area contributed by atoms with Crippen LogP contribution in [0.2, 0.25) is 0 Å². The van der Waals surface area contributed by atoms with Crippen molar-refractivity contribution in [1.29, 1.82) is 0 Å². The molecule has 4 unspecified atom stereocenters. The van der Waals surface area contributed by atoms with Gasteiger partial charge in [-0.05, 0) is 55.6 Å². The van der Waals surface area contributed by atoms with Gasteiger partial charge in [-0.15, -0.1) is 0 Å². The van der Waals surface area contributed by atoms with E-state index in [9.17, 15) is 57.7 Å². The van der Waals surface area contributed by atoms with Crippen LogP contribution >= 0.6 is 0 Å². The van der Waals surface area contributed by atoms with Crippen LogP contribution < -0.4 is 31.7 Å². The van der Waals surface area contributed by atoms with E-state index in [0.29, 0.717) is 50.9 Å². The normalized spacial score (nSPS) is 18.6. The Bertz CT molecular complexity index is 2010. The van der Waals surface area contributed by atoms with Crippen molar-refractivity contribution in [3.8, 4) is 5.75 Å². The number of quaternary nitrogens is 1. The molecule has 1 aromatic rings. The van der Waals surface area contributed by atoms with E-state index >= 15 is 0 Å². The van der Waals surface area contributed by atoms with Crippen LogP contribution in [0.4, 0.5) is 5.69 Å². The molecular formula is C44H74N7O18S+. The molecule has 2 aliphatic heterocycles. The minimum Gasteiger partial charge on any atom is -0.463 e. The average molecular weight is 1020 g/mol. The first-order valence-electron chi connectivity index (χ1n) is 22.7. The summed E-state index contributed by atoms with van der Waals surface area (Å²) in [5, 5.41) is 49.7. The lowest BCUT2D eigenvalue weighted by atomic mass is 9.89. The number of hydrogen-bond acceptors (Lipinski definition) is 17. The van der Waals surface area contributed by atoms with Crippen molar-refractivity contribution in [2.45, 2.75) is 116 Å². The number of benzene rings is 1. The summed E-state index contributed by atoms with van der Waals surface area (Å²) >= 11 is 0. The fourth-order valence-electron chi connectivity index (χ4n) is 6.26. The molecule has 70 heavy (non-hydrogen) atoms. The van der Waals surface area contributed by atoms with Crippen LogP contribution in [0.25, 0.3) is 0 Å². The third kappa shape index (κ3) is 24.8. The topological polar surface area (TPSA) is 361 Å². The Morgan fingerprint density at radius 3 is 2.20 bits per heavy atom. The van der Waals surface area contributed by atoms with Gasteiger partial charge in [0.15, 0.2) is 0 Å². The molecule has 6 amide bonds. The molecule has 25 nitrogen and oxygen atoms in total. The van der Waals surface area contributed by atoms with Gasteiger partial charge in [-0.25, -0.2) is 0 Å². The van der Waals surface area contributed by atoms with Gasteiger partial charge in [0.2, 0.25) is 41.7 Å². The minimum absolute atomic E-state index is 0.00934. The van der Waals surface area contributed by atoms with Crippen LogP contribution in [-0.4, -0.2) is 181 Å². The number of nitrogens with two attached hydrogens (primary N) is 1. The third-order valence-corrected chi connectivity index (χ3v) is 11.4. The molecule has 1 aromatic carbocycles.